The van der Waals surface area contributed by atoms with Gasteiger partial charge in [-0.1, -0.05) is 17.7 Å². The van der Waals surface area contributed by atoms with Gasteiger partial charge < -0.3 is 5.32 Å². The molecule has 0 saturated carbocycles. The summed E-state index contributed by atoms with van der Waals surface area (Å²) in [7, 11) is 0. The van der Waals surface area contributed by atoms with E-state index in [0.29, 0.717) is 6.04 Å². The minimum atomic E-state index is 0.360. The topological polar surface area (TPSA) is 24.9 Å². The van der Waals surface area contributed by atoms with Crippen molar-refractivity contribution in [2.75, 3.05) is 6.54 Å². The van der Waals surface area contributed by atoms with Crippen LogP contribution in [-0.4, -0.2) is 11.5 Å². The van der Waals surface area contributed by atoms with Crippen molar-refractivity contribution >= 4 is 0 Å². The summed E-state index contributed by atoms with van der Waals surface area (Å²) in [6.45, 7) is 7.28. The number of nitrogens with zero attached hydrogens (tertiary/aromatic N) is 1. The first-order valence-electron chi connectivity index (χ1n) is 4.97. The predicted octanol–water partition coefficient (Wildman–Crippen LogP) is 2.70. The Morgan fingerprint density at radius 2 is 2.36 bits per heavy atom. The Morgan fingerprint density at radius 1 is 1.57 bits per heavy atom. The lowest BCUT2D eigenvalue weighted by atomic mass is 10.1. The third-order valence-electron chi connectivity index (χ3n) is 2.12. The molecule has 0 aliphatic rings. The minimum absolute atomic E-state index is 0.360. The first kappa shape index (κ1) is 10.9. The smallest absolute Gasteiger partial charge is 0.0315 e. The zero-order valence-corrected chi connectivity index (χ0v) is 9.12. The van der Waals surface area contributed by atoms with E-state index in [-0.39, 0.29) is 0 Å². The van der Waals surface area contributed by atoms with Gasteiger partial charge >= 0.3 is 0 Å². The summed E-state index contributed by atoms with van der Waals surface area (Å²) in [6.07, 6.45) is 5.89. The fourth-order valence-electron chi connectivity index (χ4n) is 1.19. The van der Waals surface area contributed by atoms with Crippen LogP contribution in [0.2, 0.25) is 0 Å². The van der Waals surface area contributed by atoms with Gasteiger partial charge in [-0.25, -0.2) is 0 Å². The van der Waals surface area contributed by atoms with E-state index in [1.54, 1.807) is 6.20 Å². The molecule has 76 valence electrons. The Hall–Kier alpha value is -1.15. The van der Waals surface area contributed by atoms with Crippen LogP contribution in [0.3, 0.4) is 0 Å². The van der Waals surface area contributed by atoms with Gasteiger partial charge in [0.15, 0.2) is 0 Å². The maximum atomic E-state index is 4.09. The van der Waals surface area contributed by atoms with Gasteiger partial charge in [0.25, 0.3) is 0 Å². The van der Waals surface area contributed by atoms with Gasteiger partial charge in [-0.05, 0) is 32.4 Å². The molecular weight excluding hydrogens is 172 g/mol. The predicted molar refractivity (Wildman–Crippen MR) is 60.1 cm³/mol. The molecule has 0 unspecified atom stereocenters. The summed E-state index contributed by atoms with van der Waals surface area (Å²) in [6, 6.07) is 4.42. The molecule has 14 heavy (non-hydrogen) atoms. The quantitative estimate of drug-likeness (QED) is 0.738. The van der Waals surface area contributed by atoms with Crippen molar-refractivity contribution < 1.29 is 0 Å². The molecule has 1 aromatic heterocycles. The molecule has 1 heterocycles. The highest BCUT2D eigenvalue weighted by Crippen LogP contribution is 2.08. The molecule has 0 aliphatic heterocycles. The number of rotatable bonds is 4. The Bertz CT molecular complexity index is 286. The summed E-state index contributed by atoms with van der Waals surface area (Å²) in [4.78, 5) is 4.09. The van der Waals surface area contributed by atoms with Gasteiger partial charge in [-0.2, -0.15) is 0 Å². The van der Waals surface area contributed by atoms with E-state index in [1.165, 1.54) is 11.1 Å². The number of aromatic nitrogens is 1. The lowest BCUT2D eigenvalue weighted by Crippen LogP contribution is -2.18. The molecule has 2 heteroatoms. The fraction of sp³-hybridized carbons (Fsp3) is 0.417. The number of nitrogens with one attached hydrogen (secondary N) is 1. The SMILES string of the molecule is CC(C)=CCN[C@@H](C)c1cccnc1. The number of hydrogen-bond acceptors (Lipinski definition) is 2. The summed E-state index contributed by atoms with van der Waals surface area (Å²) in [5, 5.41) is 3.41. The van der Waals surface area contributed by atoms with Crippen LogP contribution in [0.1, 0.15) is 32.4 Å². The second kappa shape index (κ2) is 5.55. The number of pyridine rings is 1. The highest BCUT2D eigenvalue weighted by molar-refractivity contribution is 5.13. The lowest BCUT2D eigenvalue weighted by Gasteiger charge is -2.11. The molecule has 0 radical (unpaired) electrons. The average Bonchev–Trinajstić information content (AvgIpc) is 2.18. The van der Waals surface area contributed by atoms with E-state index < -0.39 is 0 Å². The van der Waals surface area contributed by atoms with Gasteiger partial charge in [-0.15, -0.1) is 0 Å². The van der Waals surface area contributed by atoms with Crippen LogP contribution in [0.25, 0.3) is 0 Å². The van der Waals surface area contributed by atoms with Crippen molar-refractivity contribution in [3.63, 3.8) is 0 Å². The summed E-state index contributed by atoms with van der Waals surface area (Å²) < 4.78 is 0. The Balaban J connectivity index is 2.43. The maximum absolute atomic E-state index is 4.09. The maximum Gasteiger partial charge on any atom is 0.0315 e. The summed E-state index contributed by atoms with van der Waals surface area (Å²) in [5.74, 6) is 0. The van der Waals surface area contributed by atoms with Crippen molar-refractivity contribution in [3.05, 3.63) is 41.7 Å². The van der Waals surface area contributed by atoms with E-state index >= 15 is 0 Å². The van der Waals surface area contributed by atoms with E-state index in [2.05, 4.69) is 43.2 Å². The Kier molecular flexibility index (Phi) is 4.33. The third-order valence-corrected chi connectivity index (χ3v) is 2.12. The van der Waals surface area contributed by atoms with Gasteiger partial charge in [0.05, 0.1) is 0 Å². The van der Waals surface area contributed by atoms with E-state index in [1.807, 2.05) is 12.3 Å². The minimum Gasteiger partial charge on any atom is -0.307 e. The van der Waals surface area contributed by atoms with Crippen molar-refractivity contribution in [2.24, 2.45) is 0 Å². The van der Waals surface area contributed by atoms with Gasteiger partial charge in [0, 0.05) is 25.0 Å². The number of hydrogen-bond donors (Lipinski definition) is 1. The van der Waals surface area contributed by atoms with Crippen molar-refractivity contribution in [1.29, 1.82) is 0 Å². The van der Waals surface area contributed by atoms with Gasteiger partial charge in [-0.3, -0.25) is 4.98 Å². The van der Waals surface area contributed by atoms with Crippen molar-refractivity contribution in [2.45, 2.75) is 26.8 Å². The lowest BCUT2D eigenvalue weighted by molar-refractivity contribution is 0.614. The molecule has 0 bridgehead atoms. The molecule has 0 spiro atoms. The molecular formula is C12H18N2. The highest BCUT2D eigenvalue weighted by atomic mass is 14.9. The molecule has 1 atom stereocenters. The summed E-state index contributed by atoms with van der Waals surface area (Å²) >= 11 is 0. The summed E-state index contributed by atoms with van der Waals surface area (Å²) in [5.41, 5.74) is 2.57. The fourth-order valence-corrected chi connectivity index (χ4v) is 1.19. The van der Waals surface area contributed by atoms with Crippen molar-refractivity contribution in [1.82, 2.24) is 10.3 Å². The van der Waals surface area contributed by atoms with E-state index in [4.69, 9.17) is 0 Å². The Labute approximate surface area is 86.1 Å². The van der Waals surface area contributed by atoms with Gasteiger partial charge in [0.2, 0.25) is 0 Å². The Morgan fingerprint density at radius 3 is 2.93 bits per heavy atom. The second-order valence-electron chi connectivity index (χ2n) is 3.70. The zero-order chi connectivity index (χ0) is 10.4. The van der Waals surface area contributed by atoms with Crippen LogP contribution in [-0.2, 0) is 0 Å². The highest BCUT2D eigenvalue weighted by Gasteiger charge is 2.01. The molecule has 1 rings (SSSR count). The first-order chi connectivity index (χ1) is 6.70. The standard InChI is InChI=1S/C12H18N2/c1-10(2)6-8-14-11(3)12-5-4-7-13-9-12/h4-7,9,11,14H,8H2,1-3H3/t11-/m0/s1. The van der Waals surface area contributed by atoms with Gasteiger partial charge in [0.1, 0.15) is 0 Å². The molecule has 0 fully saturated rings. The van der Waals surface area contributed by atoms with Crippen LogP contribution in [0.4, 0.5) is 0 Å². The zero-order valence-electron chi connectivity index (χ0n) is 9.12. The third kappa shape index (κ3) is 3.71. The number of allylic oxidation sites excluding steroid dienone is 1. The van der Waals surface area contributed by atoms with E-state index in [0.717, 1.165) is 6.54 Å². The van der Waals surface area contributed by atoms with Crippen LogP contribution in [0, 0.1) is 0 Å². The molecule has 0 aromatic carbocycles. The van der Waals surface area contributed by atoms with Crippen LogP contribution < -0.4 is 5.32 Å². The molecule has 1 N–H and O–H groups in total. The molecule has 0 amide bonds. The average molecular weight is 190 g/mol. The van der Waals surface area contributed by atoms with E-state index in [9.17, 15) is 0 Å². The largest absolute Gasteiger partial charge is 0.307 e. The molecule has 2 nitrogen and oxygen atoms in total. The monoisotopic (exact) mass is 190 g/mol. The molecule has 0 aliphatic carbocycles. The second-order valence-corrected chi connectivity index (χ2v) is 3.70. The van der Waals surface area contributed by atoms with Crippen LogP contribution in [0.15, 0.2) is 36.2 Å². The van der Waals surface area contributed by atoms with Crippen LogP contribution >= 0.6 is 0 Å². The molecule has 0 saturated heterocycles. The normalized spacial score (nSPS) is 12.2. The van der Waals surface area contributed by atoms with Crippen LogP contribution in [0.5, 0.6) is 0 Å². The first-order valence-corrected chi connectivity index (χ1v) is 4.97. The van der Waals surface area contributed by atoms with Crippen molar-refractivity contribution in [3.8, 4) is 0 Å². The molecule has 1 aromatic rings.